The molecule has 0 radical (unpaired) electrons. The standard InChI is InChI=1S/C9H17NO/c1-11-8-7-10-9-5-3-2-4-6-9/h2-8H2,1H3. The number of rotatable bonds is 3. The van der Waals surface area contributed by atoms with Crippen molar-refractivity contribution in [3.63, 3.8) is 0 Å². The number of hydrogen-bond donors (Lipinski definition) is 0. The average Bonchev–Trinajstić information content (AvgIpc) is 2.07. The van der Waals surface area contributed by atoms with Crippen molar-refractivity contribution < 1.29 is 4.74 Å². The topological polar surface area (TPSA) is 21.6 Å². The van der Waals surface area contributed by atoms with Gasteiger partial charge in [-0.25, -0.2) is 0 Å². The number of ether oxygens (including phenoxy) is 1. The van der Waals surface area contributed by atoms with Gasteiger partial charge in [-0.1, -0.05) is 6.42 Å². The molecule has 1 aliphatic carbocycles. The summed E-state index contributed by atoms with van der Waals surface area (Å²) in [4.78, 5) is 4.46. The molecule has 2 heteroatoms. The molecule has 0 spiro atoms. The highest BCUT2D eigenvalue weighted by Gasteiger charge is 2.05. The van der Waals surface area contributed by atoms with Gasteiger partial charge in [0.1, 0.15) is 0 Å². The fraction of sp³-hybridized carbons (Fsp3) is 0.889. The van der Waals surface area contributed by atoms with Crippen LogP contribution in [0.1, 0.15) is 32.1 Å². The zero-order chi connectivity index (χ0) is 7.94. The lowest BCUT2D eigenvalue weighted by Crippen LogP contribution is -2.06. The fourth-order valence-corrected chi connectivity index (χ4v) is 1.41. The summed E-state index contributed by atoms with van der Waals surface area (Å²) in [7, 11) is 1.72. The van der Waals surface area contributed by atoms with Crippen LogP contribution in [0.3, 0.4) is 0 Å². The van der Waals surface area contributed by atoms with Crippen molar-refractivity contribution in [1.29, 1.82) is 0 Å². The van der Waals surface area contributed by atoms with Gasteiger partial charge in [0, 0.05) is 12.8 Å². The minimum absolute atomic E-state index is 0.767. The van der Waals surface area contributed by atoms with Crippen LogP contribution in [-0.2, 0) is 4.74 Å². The maximum absolute atomic E-state index is 4.93. The molecule has 0 N–H and O–H groups in total. The predicted molar refractivity (Wildman–Crippen MR) is 47.3 cm³/mol. The van der Waals surface area contributed by atoms with Crippen LogP contribution in [0.15, 0.2) is 4.99 Å². The summed E-state index contributed by atoms with van der Waals surface area (Å²) < 4.78 is 4.93. The zero-order valence-corrected chi connectivity index (χ0v) is 7.31. The number of nitrogens with zero attached hydrogens (tertiary/aromatic N) is 1. The second-order valence-corrected chi connectivity index (χ2v) is 3.00. The molecule has 0 heterocycles. The van der Waals surface area contributed by atoms with Crippen LogP contribution >= 0.6 is 0 Å². The molecule has 0 saturated heterocycles. The molecule has 64 valence electrons. The van der Waals surface area contributed by atoms with Gasteiger partial charge in [0.25, 0.3) is 0 Å². The Kier molecular flexibility index (Phi) is 4.21. The van der Waals surface area contributed by atoms with Crippen molar-refractivity contribution in [2.75, 3.05) is 20.3 Å². The largest absolute Gasteiger partial charge is 0.383 e. The minimum atomic E-state index is 0.767. The minimum Gasteiger partial charge on any atom is -0.383 e. The third kappa shape index (κ3) is 3.51. The lowest BCUT2D eigenvalue weighted by atomic mass is 9.99. The molecule has 1 rings (SSSR count). The van der Waals surface area contributed by atoms with Gasteiger partial charge < -0.3 is 4.74 Å². The van der Waals surface area contributed by atoms with Crippen LogP contribution in [0.5, 0.6) is 0 Å². The Labute approximate surface area is 68.7 Å². The smallest absolute Gasteiger partial charge is 0.0658 e. The first kappa shape index (κ1) is 8.72. The normalized spacial score (nSPS) is 18.5. The Bertz CT molecular complexity index is 124. The van der Waals surface area contributed by atoms with E-state index in [9.17, 15) is 0 Å². The molecule has 0 amide bonds. The molecule has 0 atom stereocenters. The zero-order valence-electron chi connectivity index (χ0n) is 7.31. The van der Waals surface area contributed by atoms with Crippen molar-refractivity contribution >= 4 is 5.71 Å². The van der Waals surface area contributed by atoms with Crippen LogP contribution in [0.4, 0.5) is 0 Å². The Balaban J connectivity index is 2.15. The van der Waals surface area contributed by atoms with E-state index in [0.717, 1.165) is 13.2 Å². The van der Waals surface area contributed by atoms with E-state index in [1.165, 1.54) is 37.8 Å². The summed E-state index contributed by atoms with van der Waals surface area (Å²) in [6, 6.07) is 0. The maximum atomic E-state index is 4.93. The summed E-state index contributed by atoms with van der Waals surface area (Å²) in [5.41, 5.74) is 1.41. The Hall–Kier alpha value is -0.370. The van der Waals surface area contributed by atoms with Gasteiger partial charge in [-0.2, -0.15) is 0 Å². The molecule has 0 unspecified atom stereocenters. The SMILES string of the molecule is COCCN=C1CCCCC1. The number of aliphatic imine (C=N–C) groups is 1. The third-order valence-corrected chi connectivity index (χ3v) is 2.06. The van der Waals surface area contributed by atoms with E-state index in [2.05, 4.69) is 4.99 Å². The molecular formula is C9H17NO. The van der Waals surface area contributed by atoms with E-state index < -0.39 is 0 Å². The van der Waals surface area contributed by atoms with Gasteiger partial charge in [0.2, 0.25) is 0 Å². The molecule has 0 aromatic heterocycles. The van der Waals surface area contributed by atoms with Gasteiger partial charge in [-0.3, -0.25) is 4.99 Å². The van der Waals surface area contributed by atoms with E-state index in [0.29, 0.717) is 0 Å². The van der Waals surface area contributed by atoms with Gasteiger partial charge in [0.05, 0.1) is 13.2 Å². The first-order valence-corrected chi connectivity index (χ1v) is 4.44. The Morgan fingerprint density at radius 2 is 2.00 bits per heavy atom. The molecule has 2 nitrogen and oxygen atoms in total. The van der Waals surface area contributed by atoms with Gasteiger partial charge in [0.15, 0.2) is 0 Å². The van der Waals surface area contributed by atoms with E-state index in [4.69, 9.17) is 4.74 Å². The molecule has 0 bridgehead atoms. The predicted octanol–water partition coefficient (Wildman–Crippen LogP) is 2.04. The van der Waals surface area contributed by atoms with Crippen LogP contribution in [-0.4, -0.2) is 26.0 Å². The van der Waals surface area contributed by atoms with Gasteiger partial charge >= 0.3 is 0 Å². The van der Waals surface area contributed by atoms with Crippen molar-refractivity contribution in [1.82, 2.24) is 0 Å². The van der Waals surface area contributed by atoms with Crippen molar-refractivity contribution in [3.8, 4) is 0 Å². The van der Waals surface area contributed by atoms with Crippen LogP contribution in [0.2, 0.25) is 0 Å². The average molecular weight is 155 g/mol. The Morgan fingerprint density at radius 1 is 1.27 bits per heavy atom. The summed E-state index contributed by atoms with van der Waals surface area (Å²) in [6.07, 6.45) is 6.52. The van der Waals surface area contributed by atoms with E-state index in [1.807, 2.05) is 0 Å². The second kappa shape index (κ2) is 5.30. The number of methoxy groups -OCH3 is 1. The highest BCUT2D eigenvalue weighted by atomic mass is 16.5. The second-order valence-electron chi connectivity index (χ2n) is 3.00. The Morgan fingerprint density at radius 3 is 2.64 bits per heavy atom. The molecule has 11 heavy (non-hydrogen) atoms. The molecule has 1 fully saturated rings. The lowest BCUT2D eigenvalue weighted by Gasteiger charge is -2.11. The molecule has 1 saturated carbocycles. The van der Waals surface area contributed by atoms with E-state index in [-0.39, 0.29) is 0 Å². The molecule has 0 aromatic rings. The molecule has 0 aliphatic heterocycles. The summed E-state index contributed by atoms with van der Waals surface area (Å²) >= 11 is 0. The first-order valence-electron chi connectivity index (χ1n) is 4.44. The van der Waals surface area contributed by atoms with Crippen LogP contribution < -0.4 is 0 Å². The van der Waals surface area contributed by atoms with Crippen molar-refractivity contribution in [3.05, 3.63) is 0 Å². The molecule has 0 aromatic carbocycles. The van der Waals surface area contributed by atoms with Gasteiger partial charge in [-0.15, -0.1) is 0 Å². The van der Waals surface area contributed by atoms with E-state index in [1.54, 1.807) is 7.11 Å². The number of hydrogen-bond acceptors (Lipinski definition) is 2. The summed E-state index contributed by atoms with van der Waals surface area (Å²) in [5.74, 6) is 0. The van der Waals surface area contributed by atoms with Gasteiger partial charge in [-0.05, 0) is 25.7 Å². The summed E-state index contributed by atoms with van der Waals surface area (Å²) in [6.45, 7) is 1.62. The first-order chi connectivity index (χ1) is 5.43. The van der Waals surface area contributed by atoms with Crippen molar-refractivity contribution in [2.24, 2.45) is 4.99 Å². The van der Waals surface area contributed by atoms with Crippen LogP contribution in [0, 0.1) is 0 Å². The summed E-state index contributed by atoms with van der Waals surface area (Å²) in [5, 5.41) is 0. The third-order valence-electron chi connectivity index (χ3n) is 2.06. The monoisotopic (exact) mass is 155 g/mol. The maximum Gasteiger partial charge on any atom is 0.0658 e. The highest BCUT2D eigenvalue weighted by Crippen LogP contribution is 2.14. The van der Waals surface area contributed by atoms with E-state index >= 15 is 0 Å². The molecular weight excluding hydrogens is 138 g/mol. The van der Waals surface area contributed by atoms with Crippen LogP contribution in [0.25, 0.3) is 0 Å². The quantitative estimate of drug-likeness (QED) is 0.571. The molecule has 1 aliphatic rings. The lowest BCUT2D eigenvalue weighted by molar-refractivity contribution is 0.208. The van der Waals surface area contributed by atoms with Crippen molar-refractivity contribution in [2.45, 2.75) is 32.1 Å². The fourth-order valence-electron chi connectivity index (χ4n) is 1.41. The highest BCUT2D eigenvalue weighted by molar-refractivity contribution is 5.84.